The first-order valence-electron chi connectivity index (χ1n) is 8.34. The zero-order valence-corrected chi connectivity index (χ0v) is 14.1. The van der Waals surface area contributed by atoms with Gasteiger partial charge in [-0.3, -0.25) is 0 Å². The van der Waals surface area contributed by atoms with Crippen molar-refractivity contribution in [2.45, 2.75) is 31.7 Å². The van der Waals surface area contributed by atoms with Gasteiger partial charge in [-0.1, -0.05) is 53.8 Å². The lowest BCUT2D eigenvalue weighted by atomic mass is 9.99. The highest BCUT2D eigenvalue weighted by Crippen LogP contribution is 2.43. The normalized spacial score (nSPS) is 18.5. The topological polar surface area (TPSA) is 21.3 Å². The van der Waals surface area contributed by atoms with Gasteiger partial charge in [0.15, 0.2) is 11.5 Å². The minimum Gasteiger partial charge on any atom is -0.453 e. The van der Waals surface area contributed by atoms with E-state index in [1.165, 1.54) is 18.4 Å². The van der Waals surface area contributed by atoms with Gasteiger partial charge in [0.1, 0.15) is 6.04 Å². The van der Waals surface area contributed by atoms with Crippen molar-refractivity contribution in [3.63, 3.8) is 0 Å². The first kappa shape index (κ1) is 15.2. The van der Waals surface area contributed by atoms with Gasteiger partial charge in [0, 0.05) is 5.56 Å². The monoisotopic (exact) mass is 335 g/mol. The molecule has 24 heavy (non-hydrogen) atoms. The van der Waals surface area contributed by atoms with E-state index in [2.05, 4.69) is 23.2 Å². The van der Waals surface area contributed by atoms with Crippen LogP contribution in [0.5, 0.6) is 11.5 Å². The second-order valence-corrected chi connectivity index (χ2v) is 6.49. The maximum atomic E-state index is 6.38. The highest BCUT2D eigenvalue weighted by Gasteiger charge is 2.23. The van der Waals surface area contributed by atoms with Crippen LogP contribution in [0.2, 0.25) is 5.02 Å². The number of ether oxygens (including phenoxy) is 1. The van der Waals surface area contributed by atoms with Crippen LogP contribution in [0.4, 0.5) is 5.69 Å². The van der Waals surface area contributed by atoms with Crippen molar-refractivity contribution in [1.29, 1.82) is 0 Å². The van der Waals surface area contributed by atoms with Crippen molar-refractivity contribution in [3.8, 4) is 23.3 Å². The molecule has 1 N–H and O–H groups in total. The lowest BCUT2D eigenvalue weighted by Crippen LogP contribution is -2.07. The molecule has 0 aromatic heterocycles. The third-order valence-electron chi connectivity index (χ3n) is 4.38. The highest BCUT2D eigenvalue weighted by molar-refractivity contribution is 6.32. The zero-order valence-electron chi connectivity index (χ0n) is 13.3. The molecule has 0 radical (unpaired) electrons. The molecule has 0 fully saturated rings. The SMILES string of the molecule is Clc1cccc2c1Oc1ccccc1N[C@@H]2C#CC1=CCCCC1. The summed E-state index contributed by atoms with van der Waals surface area (Å²) in [7, 11) is 0. The summed E-state index contributed by atoms with van der Waals surface area (Å²) in [5.41, 5.74) is 3.15. The Kier molecular flexibility index (Phi) is 4.19. The molecule has 0 unspecified atom stereocenters. The standard InChI is InChI=1S/C21H18ClNO/c22-17-10-6-9-16-18(14-13-15-7-2-1-3-8-15)23-19-11-4-5-12-20(19)24-21(16)17/h4-7,9-12,18,23H,1-3,8H2/t18-/m1/s1. The summed E-state index contributed by atoms with van der Waals surface area (Å²) in [6, 6.07) is 13.5. The van der Waals surface area contributed by atoms with E-state index in [0.29, 0.717) is 10.8 Å². The Morgan fingerprint density at radius 1 is 1.08 bits per heavy atom. The fourth-order valence-electron chi connectivity index (χ4n) is 3.11. The van der Waals surface area contributed by atoms with Gasteiger partial charge in [0.05, 0.1) is 10.7 Å². The molecule has 3 heteroatoms. The Morgan fingerprint density at radius 3 is 2.88 bits per heavy atom. The van der Waals surface area contributed by atoms with Crippen LogP contribution in [0, 0.1) is 11.8 Å². The molecule has 2 aromatic rings. The molecule has 2 nitrogen and oxygen atoms in total. The third-order valence-corrected chi connectivity index (χ3v) is 4.67. The Bertz CT molecular complexity index is 860. The van der Waals surface area contributed by atoms with Crippen molar-refractivity contribution in [2.75, 3.05) is 5.32 Å². The number of para-hydroxylation sites is 3. The number of anilines is 1. The summed E-state index contributed by atoms with van der Waals surface area (Å²) < 4.78 is 6.08. The van der Waals surface area contributed by atoms with Crippen LogP contribution in [0.25, 0.3) is 0 Å². The average Bonchev–Trinajstić information content (AvgIpc) is 2.78. The second kappa shape index (κ2) is 6.63. The van der Waals surface area contributed by atoms with Crippen molar-refractivity contribution < 1.29 is 4.74 Å². The summed E-state index contributed by atoms with van der Waals surface area (Å²) in [4.78, 5) is 0. The first-order chi connectivity index (χ1) is 11.8. The average molecular weight is 336 g/mol. The fourth-order valence-corrected chi connectivity index (χ4v) is 3.33. The van der Waals surface area contributed by atoms with E-state index in [1.54, 1.807) is 0 Å². The molecular formula is C21H18ClNO. The predicted octanol–water partition coefficient (Wildman–Crippen LogP) is 6.10. The lowest BCUT2D eigenvalue weighted by Gasteiger charge is -2.14. The minimum absolute atomic E-state index is 0.148. The van der Waals surface area contributed by atoms with E-state index in [1.807, 2.05) is 42.5 Å². The van der Waals surface area contributed by atoms with E-state index in [9.17, 15) is 0 Å². The molecule has 0 saturated heterocycles. The quantitative estimate of drug-likeness (QED) is 0.587. The molecule has 1 aliphatic carbocycles. The van der Waals surface area contributed by atoms with Crippen molar-refractivity contribution >= 4 is 17.3 Å². The van der Waals surface area contributed by atoms with E-state index >= 15 is 0 Å². The van der Waals surface area contributed by atoms with Crippen LogP contribution in [0.3, 0.4) is 0 Å². The Hall–Kier alpha value is -2.37. The minimum atomic E-state index is -0.148. The fraction of sp³-hybridized carbons (Fsp3) is 0.238. The third kappa shape index (κ3) is 3.00. The largest absolute Gasteiger partial charge is 0.453 e. The highest BCUT2D eigenvalue weighted by atomic mass is 35.5. The van der Waals surface area contributed by atoms with E-state index in [0.717, 1.165) is 29.8 Å². The van der Waals surface area contributed by atoms with Crippen LogP contribution in [-0.4, -0.2) is 0 Å². The van der Waals surface area contributed by atoms with Gasteiger partial charge >= 0.3 is 0 Å². The summed E-state index contributed by atoms with van der Waals surface area (Å²) in [5.74, 6) is 8.21. The number of halogens is 1. The van der Waals surface area contributed by atoms with Gasteiger partial charge < -0.3 is 10.1 Å². The van der Waals surface area contributed by atoms with E-state index in [4.69, 9.17) is 16.3 Å². The molecule has 120 valence electrons. The summed E-state index contributed by atoms with van der Waals surface area (Å²) in [6.45, 7) is 0. The van der Waals surface area contributed by atoms with Crippen LogP contribution in [0.1, 0.15) is 37.3 Å². The predicted molar refractivity (Wildman–Crippen MR) is 98.7 cm³/mol. The maximum Gasteiger partial charge on any atom is 0.152 e. The number of rotatable bonds is 0. The molecule has 0 spiro atoms. The number of hydrogen-bond acceptors (Lipinski definition) is 2. The van der Waals surface area contributed by atoms with Crippen LogP contribution in [0.15, 0.2) is 54.1 Å². The van der Waals surface area contributed by atoms with Gasteiger partial charge in [-0.05, 0) is 49.5 Å². The van der Waals surface area contributed by atoms with Crippen molar-refractivity contribution in [1.82, 2.24) is 0 Å². The van der Waals surface area contributed by atoms with Gasteiger partial charge in [0.2, 0.25) is 0 Å². The smallest absolute Gasteiger partial charge is 0.152 e. The van der Waals surface area contributed by atoms with E-state index < -0.39 is 0 Å². The Balaban J connectivity index is 1.77. The molecule has 1 atom stereocenters. The number of hydrogen-bond donors (Lipinski definition) is 1. The van der Waals surface area contributed by atoms with Crippen molar-refractivity contribution in [3.05, 3.63) is 64.7 Å². The molecule has 0 saturated carbocycles. The van der Waals surface area contributed by atoms with Crippen LogP contribution < -0.4 is 10.1 Å². The summed E-state index contributed by atoms with van der Waals surface area (Å²) in [6.07, 6.45) is 6.97. The maximum absolute atomic E-state index is 6.38. The molecule has 2 aliphatic rings. The lowest BCUT2D eigenvalue weighted by molar-refractivity contribution is 0.483. The molecule has 0 bridgehead atoms. The van der Waals surface area contributed by atoms with Crippen molar-refractivity contribution in [2.24, 2.45) is 0 Å². The number of nitrogens with one attached hydrogen (secondary N) is 1. The summed E-state index contributed by atoms with van der Waals surface area (Å²) in [5, 5.41) is 4.10. The second-order valence-electron chi connectivity index (χ2n) is 6.08. The van der Waals surface area contributed by atoms with Gasteiger partial charge in [-0.25, -0.2) is 0 Å². The zero-order chi connectivity index (χ0) is 16.4. The van der Waals surface area contributed by atoms with Gasteiger partial charge in [-0.15, -0.1) is 0 Å². The number of fused-ring (bicyclic) bond motifs is 2. The van der Waals surface area contributed by atoms with Gasteiger partial charge in [0.25, 0.3) is 0 Å². The molecular weight excluding hydrogens is 318 g/mol. The number of allylic oxidation sites excluding steroid dienone is 2. The molecule has 1 heterocycles. The Morgan fingerprint density at radius 2 is 2.00 bits per heavy atom. The Labute approximate surface area is 147 Å². The molecule has 4 rings (SSSR count). The van der Waals surface area contributed by atoms with Crippen LogP contribution >= 0.6 is 11.6 Å². The molecule has 2 aromatic carbocycles. The van der Waals surface area contributed by atoms with E-state index in [-0.39, 0.29) is 6.04 Å². The molecule has 0 amide bonds. The van der Waals surface area contributed by atoms with Gasteiger partial charge in [-0.2, -0.15) is 0 Å². The molecule has 1 aliphatic heterocycles. The summed E-state index contributed by atoms with van der Waals surface area (Å²) >= 11 is 6.38. The number of benzene rings is 2. The van der Waals surface area contributed by atoms with Crippen LogP contribution in [-0.2, 0) is 0 Å². The first-order valence-corrected chi connectivity index (χ1v) is 8.71.